The van der Waals surface area contributed by atoms with Crippen LogP contribution in [0.1, 0.15) is 13.3 Å². The van der Waals surface area contributed by atoms with Crippen LogP contribution in [0.5, 0.6) is 5.75 Å². The van der Waals surface area contributed by atoms with Crippen LogP contribution in [0.25, 0.3) is 10.9 Å². The van der Waals surface area contributed by atoms with Crippen molar-refractivity contribution < 1.29 is 9.53 Å². The van der Waals surface area contributed by atoms with Crippen molar-refractivity contribution in [3.8, 4) is 5.75 Å². The van der Waals surface area contributed by atoms with E-state index in [9.17, 15) is 9.59 Å². The Bertz CT molecular complexity index is 1020. The van der Waals surface area contributed by atoms with Crippen LogP contribution in [0.3, 0.4) is 0 Å². The van der Waals surface area contributed by atoms with Crippen molar-refractivity contribution in [3.63, 3.8) is 0 Å². The number of nitrogens with zero attached hydrogens (tertiary/aromatic N) is 2. The number of hydrogen-bond donors (Lipinski definition) is 1. The van der Waals surface area contributed by atoms with Gasteiger partial charge < -0.3 is 10.1 Å². The van der Waals surface area contributed by atoms with E-state index in [1.807, 2.05) is 43.3 Å². The Morgan fingerprint density at radius 1 is 1.22 bits per heavy atom. The molecule has 0 unspecified atom stereocenters. The van der Waals surface area contributed by atoms with Crippen molar-refractivity contribution in [2.45, 2.75) is 25.0 Å². The van der Waals surface area contributed by atoms with Gasteiger partial charge in [0.25, 0.3) is 5.56 Å². The lowest BCUT2D eigenvalue weighted by atomic mass is 10.2. The van der Waals surface area contributed by atoms with Crippen molar-refractivity contribution in [3.05, 3.63) is 58.9 Å². The third-order valence-electron chi connectivity index (χ3n) is 4.06. The monoisotopic (exact) mass is 383 g/mol. The first-order valence-corrected chi connectivity index (χ1v) is 9.67. The summed E-state index contributed by atoms with van der Waals surface area (Å²) in [6.07, 6.45) is 0.314. The van der Waals surface area contributed by atoms with E-state index in [0.717, 1.165) is 0 Å². The van der Waals surface area contributed by atoms with Crippen LogP contribution in [0.4, 0.5) is 5.69 Å². The number of amides is 1. The minimum absolute atomic E-state index is 0.0496. The molecule has 27 heavy (non-hydrogen) atoms. The average molecular weight is 383 g/mol. The quantitative estimate of drug-likeness (QED) is 0.499. The molecule has 0 radical (unpaired) electrons. The number of fused-ring (bicyclic) bond motifs is 1. The summed E-state index contributed by atoms with van der Waals surface area (Å²) in [6.45, 7) is 2.45. The summed E-state index contributed by atoms with van der Waals surface area (Å²) in [5.41, 5.74) is 1.32. The molecule has 0 aliphatic carbocycles. The molecular weight excluding hydrogens is 362 g/mol. The normalized spacial score (nSPS) is 10.7. The zero-order valence-corrected chi connectivity index (χ0v) is 16.1. The van der Waals surface area contributed by atoms with Crippen LogP contribution in [0, 0.1) is 0 Å². The molecule has 2 aromatic carbocycles. The fraction of sp³-hybridized carbons (Fsp3) is 0.250. The Labute approximate surface area is 161 Å². The van der Waals surface area contributed by atoms with Crippen LogP contribution >= 0.6 is 11.8 Å². The molecule has 140 valence electrons. The van der Waals surface area contributed by atoms with Gasteiger partial charge in [-0.3, -0.25) is 14.2 Å². The standard InChI is InChI=1S/C20H21N3O3S/c1-3-23-19(25)16-9-4-5-10-17(16)22-20(23)27-12-11-18(24)21-14-7-6-8-15(13-14)26-2/h4-10,13H,3,11-12H2,1-2H3,(H,21,24). The number of methoxy groups -OCH3 is 1. The van der Waals surface area contributed by atoms with Crippen molar-refractivity contribution in [1.82, 2.24) is 9.55 Å². The Morgan fingerprint density at radius 2 is 2.04 bits per heavy atom. The molecule has 0 aliphatic heterocycles. The van der Waals surface area contributed by atoms with Gasteiger partial charge in [-0.05, 0) is 31.2 Å². The number of rotatable bonds is 7. The molecule has 0 bridgehead atoms. The summed E-state index contributed by atoms with van der Waals surface area (Å²) in [4.78, 5) is 29.4. The number of benzene rings is 2. The maximum Gasteiger partial charge on any atom is 0.262 e. The number of aromatic nitrogens is 2. The van der Waals surface area contributed by atoms with Gasteiger partial charge in [-0.1, -0.05) is 30.0 Å². The smallest absolute Gasteiger partial charge is 0.262 e. The highest BCUT2D eigenvalue weighted by atomic mass is 32.2. The predicted octanol–water partition coefficient (Wildman–Crippen LogP) is 3.55. The van der Waals surface area contributed by atoms with Crippen LogP contribution in [0.2, 0.25) is 0 Å². The van der Waals surface area contributed by atoms with E-state index in [1.54, 1.807) is 23.8 Å². The van der Waals surface area contributed by atoms with Gasteiger partial charge >= 0.3 is 0 Å². The molecule has 3 rings (SSSR count). The van der Waals surface area contributed by atoms with E-state index < -0.39 is 0 Å². The lowest BCUT2D eigenvalue weighted by molar-refractivity contribution is -0.115. The minimum Gasteiger partial charge on any atom is -0.497 e. The van der Waals surface area contributed by atoms with Crippen LogP contribution < -0.4 is 15.6 Å². The molecule has 0 saturated carbocycles. The molecule has 0 aliphatic rings. The van der Waals surface area contributed by atoms with Crippen LogP contribution in [0.15, 0.2) is 58.5 Å². The maximum absolute atomic E-state index is 12.6. The van der Waals surface area contributed by atoms with Crippen LogP contribution in [-0.2, 0) is 11.3 Å². The highest BCUT2D eigenvalue weighted by Gasteiger charge is 2.11. The molecular formula is C20H21N3O3S. The van der Waals surface area contributed by atoms with Gasteiger partial charge in [0.1, 0.15) is 5.75 Å². The number of anilines is 1. The number of nitrogens with one attached hydrogen (secondary N) is 1. The van der Waals surface area contributed by atoms with E-state index in [4.69, 9.17) is 4.74 Å². The third-order valence-corrected chi connectivity index (χ3v) is 5.03. The maximum atomic E-state index is 12.6. The molecule has 0 atom stereocenters. The summed E-state index contributed by atoms with van der Waals surface area (Å²) in [6, 6.07) is 14.5. The molecule has 7 heteroatoms. The van der Waals surface area contributed by atoms with Gasteiger partial charge in [-0.15, -0.1) is 0 Å². The first-order valence-electron chi connectivity index (χ1n) is 8.68. The largest absolute Gasteiger partial charge is 0.497 e. The van der Waals surface area contributed by atoms with Gasteiger partial charge in [0.2, 0.25) is 5.91 Å². The topological polar surface area (TPSA) is 73.2 Å². The Morgan fingerprint density at radius 3 is 2.81 bits per heavy atom. The molecule has 0 saturated heterocycles. The Kier molecular flexibility index (Phi) is 6.13. The van der Waals surface area contributed by atoms with Gasteiger partial charge in [0, 0.05) is 30.5 Å². The highest BCUT2D eigenvalue weighted by molar-refractivity contribution is 7.99. The number of thioether (sulfide) groups is 1. The number of carbonyl (C=O) groups excluding carboxylic acids is 1. The van der Waals surface area contributed by atoms with E-state index in [2.05, 4.69) is 10.3 Å². The zero-order chi connectivity index (χ0) is 19.2. The molecule has 1 N–H and O–H groups in total. The third kappa shape index (κ3) is 4.49. The van der Waals surface area contributed by atoms with Gasteiger partial charge in [-0.2, -0.15) is 0 Å². The summed E-state index contributed by atoms with van der Waals surface area (Å²) in [5.74, 6) is 1.12. The zero-order valence-electron chi connectivity index (χ0n) is 15.3. The number of hydrogen-bond acceptors (Lipinski definition) is 5. The SMILES string of the molecule is CCn1c(SCCC(=O)Nc2cccc(OC)c2)nc2ccccc2c1=O. The van der Waals surface area contributed by atoms with E-state index in [0.29, 0.717) is 46.2 Å². The molecule has 1 amide bonds. The second-order valence-electron chi connectivity index (χ2n) is 5.84. The van der Waals surface area contributed by atoms with Crippen molar-refractivity contribution in [2.75, 3.05) is 18.2 Å². The van der Waals surface area contributed by atoms with Crippen molar-refractivity contribution >= 4 is 34.3 Å². The second-order valence-corrected chi connectivity index (χ2v) is 6.90. The lowest BCUT2D eigenvalue weighted by Crippen LogP contribution is -2.22. The van der Waals surface area contributed by atoms with Crippen molar-refractivity contribution in [2.24, 2.45) is 0 Å². The van der Waals surface area contributed by atoms with Crippen LogP contribution in [-0.4, -0.2) is 28.3 Å². The summed E-state index contributed by atoms with van der Waals surface area (Å²) in [7, 11) is 1.58. The summed E-state index contributed by atoms with van der Waals surface area (Å²) < 4.78 is 6.80. The minimum atomic E-state index is -0.0954. The first kappa shape index (κ1) is 19.0. The predicted molar refractivity (Wildman–Crippen MR) is 109 cm³/mol. The number of ether oxygens (including phenoxy) is 1. The lowest BCUT2D eigenvalue weighted by Gasteiger charge is -2.11. The van der Waals surface area contributed by atoms with E-state index in [-0.39, 0.29) is 11.5 Å². The fourth-order valence-corrected chi connectivity index (χ4v) is 3.70. The van der Waals surface area contributed by atoms with Gasteiger partial charge in [0.15, 0.2) is 5.16 Å². The van der Waals surface area contributed by atoms with Gasteiger partial charge in [-0.25, -0.2) is 4.98 Å². The van der Waals surface area contributed by atoms with Gasteiger partial charge in [0.05, 0.1) is 18.0 Å². The first-order chi connectivity index (χ1) is 13.1. The molecule has 1 heterocycles. The summed E-state index contributed by atoms with van der Waals surface area (Å²) in [5, 5.41) is 4.10. The molecule has 3 aromatic rings. The fourth-order valence-electron chi connectivity index (χ4n) is 2.70. The molecule has 1 aromatic heterocycles. The van der Waals surface area contributed by atoms with E-state index >= 15 is 0 Å². The van der Waals surface area contributed by atoms with E-state index in [1.165, 1.54) is 11.8 Å². The van der Waals surface area contributed by atoms with Crippen molar-refractivity contribution in [1.29, 1.82) is 0 Å². The number of para-hydroxylation sites is 1. The molecule has 6 nitrogen and oxygen atoms in total. The molecule has 0 fully saturated rings. The Balaban J connectivity index is 1.66. The second kappa shape index (κ2) is 8.73. The summed E-state index contributed by atoms with van der Waals surface area (Å²) >= 11 is 1.41. The average Bonchev–Trinajstić information content (AvgIpc) is 2.68. The molecule has 0 spiro atoms. The highest BCUT2D eigenvalue weighted by Crippen LogP contribution is 2.20. The number of carbonyl (C=O) groups is 1. The Hall–Kier alpha value is -2.80.